The highest BCUT2D eigenvalue weighted by Crippen LogP contribution is 2.33. The van der Waals surface area contributed by atoms with Gasteiger partial charge in [0, 0.05) is 23.2 Å². The van der Waals surface area contributed by atoms with Crippen LogP contribution in [-0.4, -0.2) is 30.7 Å². The molecule has 0 fully saturated rings. The summed E-state index contributed by atoms with van der Waals surface area (Å²) in [5, 5.41) is 13.0. The Hall–Kier alpha value is -3.08. The zero-order valence-electron chi connectivity index (χ0n) is 15.4. The number of carbonyl (C=O) groups excluding carboxylic acids is 1. The Morgan fingerprint density at radius 2 is 1.97 bits per heavy atom. The van der Waals surface area contributed by atoms with Gasteiger partial charge in [-0.1, -0.05) is 23.5 Å². The topological polar surface area (TPSA) is 85.1 Å². The minimum absolute atomic E-state index is 0.0661. The minimum atomic E-state index is -4.58. The lowest BCUT2D eigenvalue weighted by molar-refractivity contribution is -0.138. The fourth-order valence-corrected chi connectivity index (χ4v) is 3.77. The van der Waals surface area contributed by atoms with Crippen LogP contribution in [0.5, 0.6) is 0 Å². The third-order valence-electron chi connectivity index (χ3n) is 4.53. The van der Waals surface area contributed by atoms with Gasteiger partial charge in [-0.15, -0.1) is 10.2 Å². The number of anilines is 1. The number of fused-ring (bicyclic) bond motifs is 3. The first-order valence-electron chi connectivity index (χ1n) is 8.68. The monoisotopic (exact) mass is 420 g/mol. The second-order valence-electron chi connectivity index (χ2n) is 6.47. The maximum absolute atomic E-state index is 12.6. The number of nitrogens with zero attached hydrogens (tertiary/aromatic N) is 5. The van der Waals surface area contributed by atoms with Crippen molar-refractivity contribution in [1.82, 2.24) is 24.8 Å². The van der Waals surface area contributed by atoms with Crippen molar-refractivity contribution in [2.45, 2.75) is 32.9 Å². The molecule has 0 aliphatic carbocycles. The summed E-state index contributed by atoms with van der Waals surface area (Å²) in [6, 6.07) is 7.68. The van der Waals surface area contributed by atoms with Crippen molar-refractivity contribution in [3.8, 4) is 0 Å². The largest absolute Gasteiger partial charge is 0.445 e. The Labute approximate surface area is 166 Å². The van der Waals surface area contributed by atoms with Crippen LogP contribution in [0.1, 0.15) is 28.4 Å². The van der Waals surface area contributed by atoms with Gasteiger partial charge in [-0.25, -0.2) is 9.50 Å². The smallest absolute Gasteiger partial charge is 0.301 e. The molecule has 150 valence electrons. The molecule has 0 aliphatic rings. The molecule has 4 rings (SSSR count). The molecule has 0 spiro atoms. The van der Waals surface area contributed by atoms with Crippen LogP contribution in [0, 0.1) is 13.8 Å². The number of hydrogen-bond acceptors (Lipinski definition) is 6. The van der Waals surface area contributed by atoms with E-state index in [1.54, 1.807) is 4.52 Å². The van der Waals surface area contributed by atoms with E-state index in [4.69, 9.17) is 0 Å². The molecule has 1 N–H and O–H groups in total. The molecule has 0 saturated heterocycles. The van der Waals surface area contributed by atoms with E-state index in [-0.39, 0.29) is 11.6 Å². The van der Waals surface area contributed by atoms with Crippen molar-refractivity contribution in [2.75, 3.05) is 5.32 Å². The number of halogens is 3. The van der Waals surface area contributed by atoms with Crippen molar-refractivity contribution in [1.29, 1.82) is 0 Å². The first-order chi connectivity index (χ1) is 13.7. The highest BCUT2D eigenvalue weighted by atomic mass is 32.1. The molecule has 11 heteroatoms. The molecule has 0 radical (unpaired) electrons. The van der Waals surface area contributed by atoms with Crippen LogP contribution >= 0.6 is 11.3 Å². The summed E-state index contributed by atoms with van der Waals surface area (Å²) < 4.78 is 39.5. The fraction of sp³-hybridized carbons (Fsp3) is 0.278. The number of hydrogen-bond donors (Lipinski definition) is 1. The van der Waals surface area contributed by atoms with Gasteiger partial charge >= 0.3 is 6.18 Å². The Balaban J connectivity index is 1.53. The molecule has 0 saturated carbocycles. The zero-order valence-corrected chi connectivity index (χ0v) is 16.2. The van der Waals surface area contributed by atoms with Crippen molar-refractivity contribution in [3.05, 3.63) is 46.2 Å². The molecule has 0 aliphatic heterocycles. The van der Waals surface area contributed by atoms with Gasteiger partial charge in [-0.3, -0.25) is 4.79 Å². The highest BCUT2D eigenvalue weighted by molar-refractivity contribution is 7.15. The maximum atomic E-state index is 12.6. The Kier molecular flexibility index (Phi) is 4.69. The Bertz CT molecular complexity index is 1230. The van der Waals surface area contributed by atoms with E-state index >= 15 is 0 Å². The molecule has 3 heterocycles. The van der Waals surface area contributed by atoms with Gasteiger partial charge in [0.05, 0.1) is 5.52 Å². The van der Waals surface area contributed by atoms with Crippen molar-refractivity contribution in [2.24, 2.45) is 0 Å². The summed E-state index contributed by atoms with van der Waals surface area (Å²) in [4.78, 5) is 16.8. The van der Waals surface area contributed by atoms with Crippen LogP contribution in [0.2, 0.25) is 0 Å². The van der Waals surface area contributed by atoms with Gasteiger partial charge in [0.15, 0.2) is 5.65 Å². The minimum Gasteiger partial charge on any atom is -0.301 e. The van der Waals surface area contributed by atoms with Crippen molar-refractivity contribution >= 4 is 38.9 Å². The van der Waals surface area contributed by atoms with Crippen LogP contribution in [0.25, 0.3) is 16.6 Å². The van der Waals surface area contributed by atoms with Crippen LogP contribution in [0.3, 0.4) is 0 Å². The Morgan fingerprint density at radius 3 is 2.69 bits per heavy atom. The second kappa shape index (κ2) is 7.07. The number of aryl methyl sites for hydroxylation is 2. The number of carbonyl (C=O) groups is 1. The van der Waals surface area contributed by atoms with E-state index in [9.17, 15) is 18.0 Å². The summed E-state index contributed by atoms with van der Waals surface area (Å²) in [5.74, 6) is -0.445. The summed E-state index contributed by atoms with van der Waals surface area (Å²) in [6.45, 7) is 3.77. The molecular formula is C18H15F3N6OS. The summed E-state index contributed by atoms with van der Waals surface area (Å²) in [6.07, 6.45) is -4.15. The van der Waals surface area contributed by atoms with Crippen LogP contribution in [0.4, 0.5) is 18.3 Å². The van der Waals surface area contributed by atoms with E-state index < -0.39 is 17.1 Å². The normalized spacial score (nSPS) is 12.0. The predicted molar refractivity (Wildman–Crippen MR) is 102 cm³/mol. The van der Waals surface area contributed by atoms with Gasteiger partial charge < -0.3 is 5.32 Å². The van der Waals surface area contributed by atoms with Gasteiger partial charge in [0.2, 0.25) is 16.0 Å². The Morgan fingerprint density at radius 1 is 1.21 bits per heavy atom. The van der Waals surface area contributed by atoms with E-state index in [0.717, 1.165) is 33.5 Å². The molecule has 0 bridgehead atoms. The van der Waals surface area contributed by atoms with Gasteiger partial charge in [-0.05, 0) is 38.0 Å². The van der Waals surface area contributed by atoms with Crippen LogP contribution in [0.15, 0.2) is 24.3 Å². The summed E-state index contributed by atoms with van der Waals surface area (Å²) >= 11 is 0.295. The van der Waals surface area contributed by atoms with Crippen molar-refractivity contribution in [3.63, 3.8) is 0 Å². The van der Waals surface area contributed by atoms with Gasteiger partial charge in [-0.2, -0.15) is 18.3 Å². The average Bonchev–Trinajstić information content (AvgIpc) is 3.26. The zero-order chi connectivity index (χ0) is 20.8. The molecule has 3 aromatic heterocycles. The van der Waals surface area contributed by atoms with E-state index in [1.807, 2.05) is 38.1 Å². The second-order valence-corrected chi connectivity index (χ2v) is 7.45. The standard InChI is InChI=1S/C18H15F3N6OS/c1-9-11(7-8-14(28)23-17-25-24-16(29-17)18(19,20)21)10(2)27-15(22-9)12-5-3-4-6-13(12)26-27/h3-6H,7-8H2,1-2H3,(H,23,25,28). The lowest BCUT2D eigenvalue weighted by Crippen LogP contribution is -2.14. The fourth-order valence-electron chi connectivity index (χ4n) is 3.15. The quantitative estimate of drug-likeness (QED) is 0.541. The first-order valence-corrected chi connectivity index (χ1v) is 9.50. The third kappa shape index (κ3) is 3.65. The number of nitrogens with one attached hydrogen (secondary N) is 1. The van der Waals surface area contributed by atoms with Crippen LogP contribution in [-0.2, 0) is 17.4 Å². The molecule has 7 nitrogen and oxygen atoms in total. The molecule has 1 amide bonds. The molecular weight excluding hydrogens is 405 g/mol. The van der Waals surface area contributed by atoms with Gasteiger partial charge in [0.25, 0.3) is 0 Å². The summed E-state index contributed by atoms with van der Waals surface area (Å²) in [7, 11) is 0. The number of rotatable bonds is 4. The number of amides is 1. The molecule has 29 heavy (non-hydrogen) atoms. The van der Waals surface area contributed by atoms with E-state index in [0.29, 0.717) is 17.8 Å². The molecule has 4 aromatic rings. The molecule has 1 aromatic carbocycles. The number of benzene rings is 1. The molecule has 0 atom stereocenters. The lowest BCUT2D eigenvalue weighted by Gasteiger charge is -2.10. The SMILES string of the molecule is Cc1nc2c3ccccc3nn2c(C)c1CCC(=O)Nc1nnc(C(F)(F)F)s1. The maximum Gasteiger partial charge on any atom is 0.445 e. The highest BCUT2D eigenvalue weighted by Gasteiger charge is 2.35. The van der Waals surface area contributed by atoms with Crippen LogP contribution < -0.4 is 5.32 Å². The molecule has 0 unspecified atom stereocenters. The summed E-state index contributed by atoms with van der Waals surface area (Å²) in [5.41, 5.74) is 4.09. The number of alkyl halides is 3. The average molecular weight is 420 g/mol. The van der Waals surface area contributed by atoms with Crippen molar-refractivity contribution < 1.29 is 18.0 Å². The van der Waals surface area contributed by atoms with E-state index in [1.165, 1.54) is 0 Å². The van der Waals surface area contributed by atoms with E-state index in [2.05, 4.69) is 25.6 Å². The predicted octanol–water partition coefficient (Wildman–Crippen LogP) is 3.94. The van der Waals surface area contributed by atoms with Gasteiger partial charge in [0.1, 0.15) is 0 Å². The number of aromatic nitrogens is 5. The third-order valence-corrected chi connectivity index (χ3v) is 5.42. The first kappa shape index (κ1) is 19.2. The lowest BCUT2D eigenvalue weighted by atomic mass is 10.1.